The van der Waals surface area contributed by atoms with E-state index >= 15 is 0 Å². The molecule has 2 saturated heterocycles. The van der Waals surface area contributed by atoms with Gasteiger partial charge >= 0.3 is 0 Å². The average molecular weight is 342 g/mol. The van der Waals surface area contributed by atoms with E-state index in [1.807, 2.05) is 0 Å². The first-order valence-electron chi connectivity index (χ1n) is 7.62. The SMILES string of the molecule is COc1ccc(S(=O)(=O)N2CCC3(CC2)NCCO3)cc1OC. The van der Waals surface area contributed by atoms with E-state index in [9.17, 15) is 8.42 Å². The van der Waals surface area contributed by atoms with Crippen molar-refractivity contribution in [2.75, 3.05) is 40.5 Å². The third-order valence-corrected chi connectivity index (χ3v) is 6.35. The van der Waals surface area contributed by atoms with Gasteiger partial charge in [0.15, 0.2) is 11.5 Å². The minimum Gasteiger partial charge on any atom is -0.493 e. The third-order valence-electron chi connectivity index (χ3n) is 4.45. The Morgan fingerprint density at radius 3 is 2.43 bits per heavy atom. The number of hydrogen-bond donors (Lipinski definition) is 1. The van der Waals surface area contributed by atoms with Crippen molar-refractivity contribution in [3.63, 3.8) is 0 Å². The van der Waals surface area contributed by atoms with Crippen LogP contribution in [-0.2, 0) is 14.8 Å². The number of benzene rings is 1. The van der Waals surface area contributed by atoms with Crippen molar-refractivity contribution in [2.45, 2.75) is 23.5 Å². The average Bonchev–Trinajstić information content (AvgIpc) is 3.02. The van der Waals surface area contributed by atoms with E-state index < -0.39 is 10.0 Å². The molecule has 7 nitrogen and oxygen atoms in total. The first-order valence-corrected chi connectivity index (χ1v) is 9.06. The highest BCUT2D eigenvalue weighted by Gasteiger charge is 2.41. The number of methoxy groups -OCH3 is 2. The summed E-state index contributed by atoms with van der Waals surface area (Å²) in [6.45, 7) is 2.37. The fourth-order valence-electron chi connectivity index (χ4n) is 3.11. The normalized spacial score (nSPS) is 21.5. The molecule has 2 aliphatic rings. The number of ether oxygens (including phenoxy) is 3. The number of hydrogen-bond acceptors (Lipinski definition) is 6. The van der Waals surface area contributed by atoms with E-state index in [4.69, 9.17) is 14.2 Å². The molecule has 23 heavy (non-hydrogen) atoms. The fraction of sp³-hybridized carbons (Fsp3) is 0.600. The smallest absolute Gasteiger partial charge is 0.243 e. The van der Waals surface area contributed by atoms with Crippen molar-refractivity contribution in [3.8, 4) is 11.5 Å². The lowest BCUT2D eigenvalue weighted by molar-refractivity contribution is -0.0445. The molecule has 0 amide bonds. The molecule has 0 saturated carbocycles. The fourth-order valence-corrected chi connectivity index (χ4v) is 4.57. The second kappa shape index (κ2) is 6.27. The summed E-state index contributed by atoms with van der Waals surface area (Å²) in [6.07, 6.45) is 1.30. The van der Waals surface area contributed by atoms with E-state index in [2.05, 4.69) is 5.32 Å². The van der Waals surface area contributed by atoms with E-state index in [1.165, 1.54) is 24.6 Å². The zero-order valence-corrected chi connectivity index (χ0v) is 14.2. The molecule has 0 aliphatic carbocycles. The van der Waals surface area contributed by atoms with Crippen LogP contribution in [0.5, 0.6) is 11.5 Å². The van der Waals surface area contributed by atoms with Crippen LogP contribution in [0, 0.1) is 0 Å². The maximum atomic E-state index is 12.8. The summed E-state index contributed by atoms with van der Waals surface area (Å²) >= 11 is 0. The van der Waals surface area contributed by atoms with E-state index in [1.54, 1.807) is 12.1 Å². The summed E-state index contributed by atoms with van der Waals surface area (Å²) < 4.78 is 43.3. The van der Waals surface area contributed by atoms with Crippen LogP contribution in [0.4, 0.5) is 0 Å². The van der Waals surface area contributed by atoms with Gasteiger partial charge in [-0.3, -0.25) is 5.32 Å². The quantitative estimate of drug-likeness (QED) is 0.872. The molecule has 0 radical (unpaired) electrons. The highest BCUT2D eigenvalue weighted by Crippen LogP contribution is 2.33. The predicted octanol–water partition coefficient (Wildman–Crippen LogP) is 0.804. The van der Waals surface area contributed by atoms with Crippen LogP contribution in [0.2, 0.25) is 0 Å². The summed E-state index contributed by atoms with van der Waals surface area (Å²) in [7, 11) is -0.545. The lowest BCUT2D eigenvalue weighted by Crippen LogP contribution is -2.52. The van der Waals surface area contributed by atoms with Gasteiger partial charge in [0.25, 0.3) is 0 Å². The van der Waals surface area contributed by atoms with Gasteiger partial charge in [-0.15, -0.1) is 0 Å². The van der Waals surface area contributed by atoms with Gasteiger partial charge in [0, 0.05) is 38.5 Å². The van der Waals surface area contributed by atoms with Crippen molar-refractivity contribution in [2.24, 2.45) is 0 Å². The Kier molecular flexibility index (Phi) is 4.50. The maximum Gasteiger partial charge on any atom is 0.243 e. The first kappa shape index (κ1) is 16.5. The molecule has 1 N–H and O–H groups in total. The lowest BCUT2D eigenvalue weighted by atomic mass is 10.0. The predicted molar refractivity (Wildman–Crippen MR) is 84.2 cm³/mol. The second-order valence-corrected chi connectivity index (χ2v) is 7.63. The van der Waals surface area contributed by atoms with Crippen LogP contribution < -0.4 is 14.8 Å². The summed E-state index contributed by atoms with van der Waals surface area (Å²) in [5.41, 5.74) is -0.344. The standard InChI is InChI=1S/C15H22N2O5S/c1-20-13-4-3-12(11-14(13)21-2)23(18,19)17-8-5-15(6-9-17)16-7-10-22-15/h3-4,11,16H,5-10H2,1-2H3. The zero-order chi connectivity index (χ0) is 16.5. The van der Waals surface area contributed by atoms with Crippen LogP contribution in [0.1, 0.15) is 12.8 Å². The van der Waals surface area contributed by atoms with Crippen LogP contribution in [-0.4, -0.2) is 58.9 Å². The van der Waals surface area contributed by atoms with Gasteiger partial charge < -0.3 is 14.2 Å². The molecule has 2 aliphatic heterocycles. The van der Waals surface area contributed by atoms with E-state index in [0.717, 1.165) is 6.54 Å². The first-order chi connectivity index (χ1) is 11.0. The zero-order valence-electron chi connectivity index (χ0n) is 13.4. The molecule has 0 atom stereocenters. The molecule has 1 aromatic carbocycles. The van der Waals surface area contributed by atoms with Gasteiger partial charge in [-0.05, 0) is 12.1 Å². The number of nitrogens with one attached hydrogen (secondary N) is 1. The Morgan fingerprint density at radius 1 is 1.17 bits per heavy atom. The van der Waals surface area contributed by atoms with Gasteiger partial charge in [-0.2, -0.15) is 4.31 Å². The van der Waals surface area contributed by atoms with Crippen LogP contribution in [0.15, 0.2) is 23.1 Å². The molecule has 128 valence electrons. The monoisotopic (exact) mass is 342 g/mol. The summed E-state index contributed by atoms with van der Waals surface area (Å²) in [6, 6.07) is 4.66. The highest BCUT2D eigenvalue weighted by molar-refractivity contribution is 7.89. The van der Waals surface area contributed by atoms with Gasteiger partial charge in [-0.1, -0.05) is 0 Å². The van der Waals surface area contributed by atoms with Crippen molar-refractivity contribution in [1.29, 1.82) is 0 Å². The summed E-state index contributed by atoms with van der Waals surface area (Å²) in [4.78, 5) is 0.214. The van der Waals surface area contributed by atoms with E-state index in [0.29, 0.717) is 44.0 Å². The molecule has 2 heterocycles. The summed E-state index contributed by atoms with van der Waals surface area (Å²) in [5.74, 6) is 0.912. The lowest BCUT2D eigenvalue weighted by Gasteiger charge is -2.37. The molecule has 8 heteroatoms. The number of piperidine rings is 1. The van der Waals surface area contributed by atoms with Crippen molar-refractivity contribution < 1.29 is 22.6 Å². The number of rotatable bonds is 4. The molecule has 0 unspecified atom stereocenters. The van der Waals surface area contributed by atoms with Crippen molar-refractivity contribution in [3.05, 3.63) is 18.2 Å². The van der Waals surface area contributed by atoms with Gasteiger partial charge in [0.05, 0.1) is 25.7 Å². The minimum absolute atomic E-state index is 0.214. The largest absolute Gasteiger partial charge is 0.493 e. The second-order valence-electron chi connectivity index (χ2n) is 5.69. The molecule has 1 aromatic rings. The van der Waals surface area contributed by atoms with E-state index in [-0.39, 0.29) is 10.6 Å². The molecule has 2 fully saturated rings. The maximum absolute atomic E-state index is 12.8. The highest BCUT2D eigenvalue weighted by atomic mass is 32.2. The molecular formula is C15H22N2O5S. The molecule has 3 rings (SSSR count). The van der Waals surface area contributed by atoms with Gasteiger partial charge in [0.2, 0.25) is 10.0 Å². The Balaban J connectivity index is 1.79. The van der Waals surface area contributed by atoms with Gasteiger partial charge in [-0.25, -0.2) is 8.42 Å². The van der Waals surface area contributed by atoms with Gasteiger partial charge in [0.1, 0.15) is 5.72 Å². The minimum atomic E-state index is -3.55. The van der Waals surface area contributed by atoms with Crippen molar-refractivity contribution in [1.82, 2.24) is 9.62 Å². The number of sulfonamides is 1. The van der Waals surface area contributed by atoms with Crippen LogP contribution in [0.25, 0.3) is 0 Å². The topological polar surface area (TPSA) is 77.1 Å². The summed E-state index contributed by atoms with van der Waals surface area (Å²) in [5, 5.41) is 3.34. The Bertz CT molecular complexity index is 660. The molecule has 0 bridgehead atoms. The van der Waals surface area contributed by atoms with Crippen LogP contribution >= 0.6 is 0 Å². The van der Waals surface area contributed by atoms with Crippen molar-refractivity contribution >= 4 is 10.0 Å². The Morgan fingerprint density at radius 2 is 1.87 bits per heavy atom. The Hall–Kier alpha value is -1.35. The molecule has 1 spiro atoms. The van der Waals surface area contributed by atoms with Crippen LogP contribution in [0.3, 0.4) is 0 Å². The third kappa shape index (κ3) is 3.03. The number of nitrogens with zero attached hydrogens (tertiary/aromatic N) is 1. The Labute approximate surface area is 136 Å². The molecular weight excluding hydrogens is 320 g/mol. The molecule has 0 aromatic heterocycles.